The number of carbonyl (C=O) groups excluding carboxylic acids is 1. The van der Waals surface area contributed by atoms with Crippen LogP contribution in [0.15, 0.2) is 36.9 Å². The second kappa shape index (κ2) is 6.08. The highest BCUT2D eigenvalue weighted by Gasteiger charge is 2.22. The molecule has 0 fully saturated rings. The van der Waals surface area contributed by atoms with Crippen LogP contribution < -0.4 is 5.73 Å². The molecule has 2 rings (SSSR count). The van der Waals surface area contributed by atoms with E-state index in [1.807, 2.05) is 24.3 Å². The van der Waals surface area contributed by atoms with E-state index in [1.165, 1.54) is 5.56 Å². The fourth-order valence-corrected chi connectivity index (χ4v) is 2.00. The third-order valence-corrected chi connectivity index (χ3v) is 2.76. The number of amides is 1. The van der Waals surface area contributed by atoms with Crippen molar-refractivity contribution in [2.24, 2.45) is 11.7 Å². The molecule has 2 atom stereocenters. The number of hydrogen-bond acceptors (Lipinski definition) is 2. The zero-order valence-electron chi connectivity index (χ0n) is 9.17. The Kier molecular flexibility index (Phi) is 4.73. The van der Waals surface area contributed by atoms with Gasteiger partial charge >= 0.3 is 0 Å². The Labute approximate surface area is 95.6 Å². The maximum absolute atomic E-state index is 9.82. The molecular formula is C13H17NO2. The van der Waals surface area contributed by atoms with Gasteiger partial charge in [-0.3, -0.25) is 4.79 Å². The summed E-state index contributed by atoms with van der Waals surface area (Å²) in [7, 11) is 0. The lowest BCUT2D eigenvalue weighted by Gasteiger charge is -2.26. The summed E-state index contributed by atoms with van der Waals surface area (Å²) in [5, 5.41) is 9.82. The first-order valence-corrected chi connectivity index (χ1v) is 5.26. The average Bonchev–Trinajstić information content (AvgIpc) is 2.30. The summed E-state index contributed by atoms with van der Waals surface area (Å²) >= 11 is 0. The highest BCUT2D eigenvalue weighted by Crippen LogP contribution is 2.33. The van der Waals surface area contributed by atoms with Crippen LogP contribution in [0.4, 0.5) is 0 Å². The number of primary amides is 1. The number of benzene rings is 1. The number of fused-ring (bicyclic) bond motifs is 1. The van der Waals surface area contributed by atoms with Crippen LogP contribution >= 0.6 is 0 Å². The minimum Gasteiger partial charge on any atom is -0.388 e. The van der Waals surface area contributed by atoms with E-state index in [9.17, 15) is 5.11 Å². The third-order valence-electron chi connectivity index (χ3n) is 2.76. The maximum Gasteiger partial charge on any atom is 0.204 e. The highest BCUT2D eigenvalue weighted by molar-refractivity contribution is 5.42. The number of carbonyl (C=O) groups is 1. The third kappa shape index (κ3) is 2.94. The van der Waals surface area contributed by atoms with Crippen molar-refractivity contribution >= 4 is 6.41 Å². The number of nitrogens with two attached hydrogens (primary N) is 1. The van der Waals surface area contributed by atoms with Crippen LogP contribution in [-0.2, 0) is 11.2 Å². The van der Waals surface area contributed by atoms with Crippen molar-refractivity contribution in [3.8, 4) is 0 Å². The second-order valence-electron chi connectivity index (χ2n) is 3.79. The molecule has 0 radical (unpaired) electrons. The molecule has 1 aliphatic rings. The van der Waals surface area contributed by atoms with Gasteiger partial charge in [0.2, 0.25) is 6.41 Å². The Balaban J connectivity index is 0.000000386. The first-order valence-electron chi connectivity index (χ1n) is 5.26. The largest absolute Gasteiger partial charge is 0.388 e. The molecular weight excluding hydrogens is 202 g/mol. The van der Waals surface area contributed by atoms with Crippen molar-refractivity contribution in [3.63, 3.8) is 0 Å². The van der Waals surface area contributed by atoms with E-state index in [0.29, 0.717) is 5.92 Å². The molecule has 0 aromatic heterocycles. The molecule has 0 spiro atoms. The van der Waals surface area contributed by atoms with E-state index in [2.05, 4.69) is 18.4 Å². The predicted molar refractivity (Wildman–Crippen MR) is 63.7 cm³/mol. The van der Waals surface area contributed by atoms with Crippen molar-refractivity contribution in [2.75, 3.05) is 0 Å². The maximum atomic E-state index is 9.82. The van der Waals surface area contributed by atoms with Crippen molar-refractivity contribution in [1.29, 1.82) is 0 Å². The molecule has 3 heteroatoms. The molecule has 3 nitrogen and oxygen atoms in total. The van der Waals surface area contributed by atoms with Crippen molar-refractivity contribution in [2.45, 2.75) is 18.9 Å². The van der Waals surface area contributed by atoms with Gasteiger partial charge < -0.3 is 10.8 Å². The number of hydrogen-bond donors (Lipinski definition) is 2. The van der Waals surface area contributed by atoms with Gasteiger partial charge in [0.1, 0.15) is 0 Å². The van der Waals surface area contributed by atoms with Crippen LogP contribution in [0.25, 0.3) is 0 Å². The average molecular weight is 219 g/mol. The van der Waals surface area contributed by atoms with E-state index in [4.69, 9.17) is 4.79 Å². The summed E-state index contributed by atoms with van der Waals surface area (Å²) in [6.07, 6.45) is 3.74. The topological polar surface area (TPSA) is 63.3 Å². The molecule has 1 aromatic rings. The van der Waals surface area contributed by atoms with Crippen LogP contribution in [0.2, 0.25) is 0 Å². The van der Waals surface area contributed by atoms with Gasteiger partial charge in [-0.15, -0.1) is 6.58 Å². The van der Waals surface area contributed by atoms with Gasteiger partial charge in [0, 0.05) is 0 Å². The van der Waals surface area contributed by atoms with E-state index < -0.39 is 0 Å². The number of rotatable bonds is 1. The molecule has 0 saturated heterocycles. The van der Waals surface area contributed by atoms with Gasteiger partial charge in [-0.1, -0.05) is 30.3 Å². The zero-order valence-corrected chi connectivity index (χ0v) is 9.17. The van der Waals surface area contributed by atoms with Crippen LogP contribution in [0.1, 0.15) is 23.7 Å². The smallest absolute Gasteiger partial charge is 0.204 e. The molecule has 86 valence electrons. The van der Waals surface area contributed by atoms with Crippen LogP contribution in [0.3, 0.4) is 0 Å². The first-order chi connectivity index (χ1) is 7.72. The zero-order chi connectivity index (χ0) is 12.0. The standard InChI is InChI=1S/C12H14O.CH3NO/c1-2-9-7-10-5-3-4-6-11(10)12(13)8-9;2-1-3/h2-6,9,12-13H,1,7-8H2;1H,(H2,2,3). The molecule has 2 unspecified atom stereocenters. The number of allylic oxidation sites excluding steroid dienone is 1. The van der Waals surface area contributed by atoms with Gasteiger partial charge in [-0.05, 0) is 29.9 Å². The molecule has 1 aliphatic carbocycles. The number of aliphatic hydroxyl groups is 1. The monoisotopic (exact) mass is 219 g/mol. The first kappa shape index (κ1) is 12.5. The normalized spacial score (nSPS) is 22.3. The molecule has 0 saturated carbocycles. The summed E-state index contributed by atoms with van der Waals surface area (Å²) in [5.74, 6) is 0.435. The Hall–Kier alpha value is -1.61. The van der Waals surface area contributed by atoms with Gasteiger partial charge in [-0.25, -0.2) is 0 Å². The fourth-order valence-electron chi connectivity index (χ4n) is 2.00. The molecule has 1 aromatic carbocycles. The van der Waals surface area contributed by atoms with Crippen molar-refractivity contribution < 1.29 is 9.90 Å². The van der Waals surface area contributed by atoms with Crippen LogP contribution in [0.5, 0.6) is 0 Å². The Morgan fingerprint density at radius 2 is 2.06 bits per heavy atom. The summed E-state index contributed by atoms with van der Waals surface area (Å²) in [4.78, 5) is 8.58. The molecule has 3 N–H and O–H groups in total. The number of aliphatic hydroxyl groups excluding tert-OH is 1. The quantitative estimate of drug-likeness (QED) is 0.556. The Bertz CT molecular complexity index is 363. The lowest BCUT2D eigenvalue weighted by atomic mass is 9.82. The Morgan fingerprint density at radius 1 is 1.44 bits per heavy atom. The SMILES string of the molecule is C=CC1Cc2ccccc2C(O)C1.NC=O. The Morgan fingerprint density at radius 3 is 2.69 bits per heavy atom. The summed E-state index contributed by atoms with van der Waals surface area (Å²) in [5.41, 5.74) is 6.53. The lowest BCUT2D eigenvalue weighted by Crippen LogP contribution is -2.16. The summed E-state index contributed by atoms with van der Waals surface area (Å²) in [6.45, 7) is 3.78. The van der Waals surface area contributed by atoms with E-state index in [0.717, 1.165) is 18.4 Å². The minimum absolute atomic E-state index is 0.250. The van der Waals surface area contributed by atoms with Crippen LogP contribution in [-0.4, -0.2) is 11.5 Å². The fraction of sp³-hybridized carbons (Fsp3) is 0.308. The van der Waals surface area contributed by atoms with E-state index >= 15 is 0 Å². The highest BCUT2D eigenvalue weighted by atomic mass is 16.3. The van der Waals surface area contributed by atoms with E-state index in [1.54, 1.807) is 0 Å². The van der Waals surface area contributed by atoms with Crippen molar-refractivity contribution in [3.05, 3.63) is 48.0 Å². The van der Waals surface area contributed by atoms with Gasteiger partial charge in [0.25, 0.3) is 0 Å². The lowest BCUT2D eigenvalue weighted by molar-refractivity contribution is -0.106. The second-order valence-corrected chi connectivity index (χ2v) is 3.79. The molecule has 0 aliphatic heterocycles. The van der Waals surface area contributed by atoms with Gasteiger partial charge in [0.05, 0.1) is 6.10 Å². The minimum atomic E-state index is -0.298. The van der Waals surface area contributed by atoms with E-state index in [-0.39, 0.29) is 12.5 Å². The van der Waals surface area contributed by atoms with Gasteiger partial charge in [0.15, 0.2) is 0 Å². The predicted octanol–water partition coefficient (Wildman–Crippen LogP) is 1.57. The van der Waals surface area contributed by atoms with Crippen LogP contribution in [0, 0.1) is 5.92 Å². The van der Waals surface area contributed by atoms with Crippen molar-refractivity contribution in [1.82, 2.24) is 0 Å². The molecule has 1 amide bonds. The van der Waals surface area contributed by atoms with Gasteiger partial charge in [-0.2, -0.15) is 0 Å². The molecule has 16 heavy (non-hydrogen) atoms. The summed E-state index contributed by atoms with van der Waals surface area (Å²) in [6, 6.07) is 8.11. The summed E-state index contributed by atoms with van der Waals surface area (Å²) < 4.78 is 0. The molecule has 0 heterocycles. The molecule has 0 bridgehead atoms.